The van der Waals surface area contributed by atoms with E-state index in [1.54, 1.807) is 12.1 Å². The predicted molar refractivity (Wildman–Crippen MR) is 69.0 cm³/mol. The second-order valence-electron chi connectivity index (χ2n) is 5.37. The Balaban J connectivity index is 2.78. The van der Waals surface area contributed by atoms with Crippen LogP contribution in [0.25, 0.3) is 0 Å². The van der Waals surface area contributed by atoms with Gasteiger partial charge in [0, 0.05) is 23.3 Å². The van der Waals surface area contributed by atoms with Crippen LogP contribution < -0.4 is 0 Å². The molecule has 0 aliphatic heterocycles. The lowest BCUT2D eigenvalue weighted by Crippen LogP contribution is -2.30. The highest BCUT2D eigenvalue weighted by molar-refractivity contribution is 6.00. The summed E-state index contributed by atoms with van der Waals surface area (Å²) < 4.78 is 0. The SMILES string of the molecule is CC(C)C(=O)C(C)(C)CC(=O)c1ccccc1. The minimum atomic E-state index is -0.582. The Bertz CT molecular complexity index is 402. The van der Waals surface area contributed by atoms with E-state index in [0.717, 1.165) is 0 Å². The molecule has 0 radical (unpaired) electrons. The highest BCUT2D eigenvalue weighted by Gasteiger charge is 2.31. The summed E-state index contributed by atoms with van der Waals surface area (Å²) in [5.74, 6) is 0.139. The van der Waals surface area contributed by atoms with Crippen LogP contribution in [-0.2, 0) is 4.79 Å². The van der Waals surface area contributed by atoms with Gasteiger partial charge in [-0.25, -0.2) is 0 Å². The molecule has 92 valence electrons. The fourth-order valence-corrected chi connectivity index (χ4v) is 2.00. The van der Waals surface area contributed by atoms with Crippen LogP contribution in [0.2, 0.25) is 0 Å². The zero-order valence-electron chi connectivity index (χ0n) is 11.0. The lowest BCUT2D eigenvalue weighted by molar-refractivity contribution is -0.130. The van der Waals surface area contributed by atoms with E-state index in [9.17, 15) is 9.59 Å². The minimum absolute atomic E-state index is 0.0320. The molecule has 0 saturated carbocycles. The van der Waals surface area contributed by atoms with Gasteiger partial charge in [-0.05, 0) is 0 Å². The largest absolute Gasteiger partial charge is 0.299 e. The molecule has 0 aromatic heterocycles. The molecule has 1 rings (SSSR count). The summed E-state index contributed by atoms with van der Waals surface area (Å²) in [6.07, 6.45) is 0.272. The van der Waals surface area contributed by atoms with Crippen molar-refractivity contribution >= 4 is 11.6 Å². The van der Waals surface area contributed by atoms with E-state index < -0.39 is 5.41 Å². The number of hydrogen-bond donors (Lipinski definition) is 0. The maximum absolute atomic E-state index is 12.0. The van der Waals surface area contributed by atoms with Crippen LogP contribution in [-0.4, -0.2) is 11.6 Å². The Hall–Kier alpha value is -1.44. The Morgan fingerprint density at radius 2 is 1.65 bits per heavy atom. The number of rotatable bonds is 5. The second-order valence-corrected chi connectivity index (χ2v) is 5.37. The van der Waals surface area contributed by atoms with Crippen LogP contribution in [0.4, 0.5) is 0 Å². The molecule has 0 aliphatic carbocycles. The normalized spacial score (nSPS) is 11.6. The van der Waals surface area contributed by atoms with E-state index in [4.69, 9.17) is 0 Å². The fraction of sp³-hybridized carbons (Fsp3) is 0.467. The maximum atomic E-state index is 12.0. The molecule has 0 atom stereocenters. The van der Waals surface area contributed by atoms with Gasteiger partial charge in [0.05, 0.1) is 0 Å². The van der Waals surface area contributed by atoms with E-state index in [-0.39, 0.29) is 23.9 Å². The van der Waals surface area contributed by atoms with Crippen molar-refractivity contribution < 1.29 is 9.59 Å². The van der Waals surface area contributed by atoms with Crippen LogP contribution in [0.1, 0.15) is 44.5 Å². The number of benzene rings is 1. The molecule has 0 spiro atoms. The molecular formula is C15H20O2. The molecule has 0 heterocycles. The quantitative estimate of drug-likeness (QED) is 0.728. The summed E-state index contributed by atoms with van der Waals surface area (Å²) in [4.78, 5) is 24.0. The van der Waals surface area contributed by atoms with Gasteiger partial charge in [0.2, 0.25) is 0 Å². The highest BCUT2D eigenvalue weighted by Crippen LogP contribution is 2.27. The number of hydrogen-bond acceptors (Lipinski definition) is 2. The maximum Gasteiger partial charge on any atom is 0.163 e. The van der Waals surface area contributed by atoms with Crippen LogP contribution in [0.3, 0.4) is 0 Å². The average Bonchev–Trinajstić information content (AvgIpc) is 2.28. The molecule has 1 aromatic carbocycles. The molecule has 1 aromatic rings. The molecule has 0 N–H and O–H groups in total. The van der Waals surface area contributed by atoms with Crippen molar-refractivity contribution in [2.24, 2.45) is 11.3 Å². The summed E-state index contributed by atoms with van der Waals surface area (Å²) in [7, 11) is 0. The Labute approximate surface area is 103 Å². The van der Waals surface area contributed by atoms with Crippen molar-refractivity contribution in [2.45, 2.75) is 34.1 Å². The second kappa shape index (κ2) is 5.26. The smallest absolute Gasteiger partial charge is 0.163 e. The van der Waals surface area contributed by atoms with Crippen molar-refractivity contribution in [2.75, 3.05) is 0 Å². The van der Waals surface area contributed by atoms with Gasteiger partial charge in [-0.1, -0.05) is 58.0 Å². The molecular weight excluding hydrogens is 212 g/mol. The van der Waals surface area contributed by atoms with Gasteiger partial charge < -0.3 is 0 Å². The third-order valence-electron chi connectivity index (χ3n) is 2.89. The highest BCUT2D eigenvalue weighted by atomic mass is 16.1. The monoisotopic (exact) mass is 232 g/mol. The van der Waals surface area contributed by atoms with E-state index in [2.05, 4.69) is 0 Å². The topological polar surface area (TPSA) is 34.1 Å². The van der Waals surface area contributed by atoms with Gasteiger partial charge >= 0.3 is 0 Å². The predicted octanol–water partition coefficient (Wildman–Crippen LogP) is 3.51. The summed E-state index contributed by atoms with van der Waals surface area (Å²) in [6, 6.07) is 9.13. The molecule has 0 aliphatic rings. The zero-order valence-corrected chi connectivity index (χ0v) is 11.0. The third-order valence-corrected chi connectivity index (χ3v) is 2.89. The van der Waals surface area contributed by atoms with Crippen molar-refractivity contribution in [1.82, 2.24) is 0 Å². The van der Waals surface area contributed by atoms with Gasteiger partial charge in [-0.2, -0.15) is 0 Å². The molecule has 0 fully saturated rings. The van der Waals surface area contributed by atoms with Gasteiger partial charge in [0.15, 0.2) is 5.78 Å². The number of Topliss-reactive ketones (excluding diaryl/α,β-unsaturated/α-hetero) is 2. The first-order chi connectivity index (χ1) is 7.84. The minimum Gasteiger partial charge on any atom is -0.299 e. The zero-order chi connectivity index (χ0) is 13.1. The van der Waals surface area contributed by atoms with Gasteiger partial charge in [0.25, 0.3) is 0 Å². The van der Waals surface area contributed by atoms with Crippen molar-refractivity contribution in [3.05, 3.63) is 35.9 Å². The summed E-state index contributed by atoms with van der Waals surface area (Å²) in [5.41, 5.74) is 0.0956. The van der Waals surface area contributed by atoms with E-state index in [1.807, 2.05) is 45.9 Å². The summed E-state index contributed by atoms with van der Waals surface area (Å²) >= 11 is 0. The first-order valence-electron chi connectivity index (χ1n) is 5.97. The fourth-order valence-electron chi connectivity index (χ4n) is 2.00. The van der Waals surface area contributed by atoms with E-state index in [0.29, 0.717) is 5.56 Å². The first-order valence-corrected chi connectivity index (χ1v) is 5.97. The standard InChI is InChI=1S/C15H20O2/c1-11(2)14(17)15(3,4)10-13(16)12-8-6-5-7-9-12/h5-9,11H,10H2,1-4H3. The van der Waals surface area contributed by atoms with Crippen LogP contribution in [0.15, 0.2) is 30.3 Å². The Morgan fingerprint density at radius 1 is 1.12 bits per heavy atom. The molecule has 0 saturated heterocycles. The van der Waals surface area contributed by atoms with Crippen molar-refractivity contribution in [3.63, 3.8) is 0 Å². The van der Waals surface area contributed by atoms with Crippen molar-refractivity contribution in [1.29, 1.82) is 0 Å². The van der Waals surface area contributed by atoms with Crippen LogP contribution >= 0.6 is 0 Å². The summed E-state index contributed by atoms with van der Waals surface area (Å²) in [6.45, 7) is 7.43. The molecule has 2 nitrogen and oxygen atoms in total. The first kappa shape index (κ1) is 13.6. The number of carbonyl (C=O) groups is 2. The summed E-state index contributed by atoms with van der Waals surface area (Å²) in [5, 5.41) is 0. The van der Waals surface area contributed by atoms with Gasteiger partial charge in [-0.3, -0.25) is 9.59 Å². The van der Waals surface area contributed by atoms with Gasteiger partial charge in [0.1, 0.15) is 5.78 Å². The van der Waals surface area contributed by atoms with Crippen LogP contribution in [0, 0.1) is 11.3 Å². The lowest BCUT2D eigenvalue weighted by atomic mass is 9.77. The average molecular weight is 232 g/mol. The molecule has 0 bridgehead atoms. The molecule has 0 unspecified atom stereocenters. The van der Waals surface area contributed by atoms with E-state index >= 15 is 0 Å². The Kier molecular flexibility index (Phi) is 4.22. The van der Waals surface area contributed by atoms with Crippen LogP contribution in [0.5, 0.6) is 0 Å². The van der Waals surface area contributed by atoms with Crippen molar-refractivity contribution in [3.8, 4) is 0 Å². The molecule has 17 heavy (non-hydrogen) atoms. The Morgan fingerprint density at radius 3 is 2.12 bits per heavy atom. The molecule has 0 amide bonds. The van der Waals surface area contributed by atoms with Gasteiger partial charge in [-0.15, -0.1) is 0 Å². The number of ketones is 2. The third kappa shape index (κ3) is 3.52. The lowest BCUT2D eigenvalue weighted by Gasteiger charge is -2.24. The number of carbonyl (C=O) groups excluding carboxylic acids is 2. The van der Waals surface area contributed by atoms with E-state index in [1.165, 1.54) is 0 Å². The molecule has 2 heteroatoms.